The van der Waals surface area contributed by atoms with Crippen LogP contribution < -0.4 is 9.47 Å². The van der Waals surface area contributed by atoms with Crippen LogP contribution in [0.25, 0.3) is 0 Å². The Morgan fingerprint density at radius 2 is 1.84 bits per heavy atom. The number of hydrogen-bond acceptors (Lipinski definition) is 5. The summed E-state index contributed by atoms with van der Waals surface area (Å²) >= 11 is 0. The van der Waals surface area contributed by atoms with Crippen LogP contribution in [0.2, 0.25) is 0 Å². The van der Waals surface area contributed by atoms with Crippen LogP contribution in [-0.2, 0) is 13.0 Å². The third-order valence-corrected chi connectivity index (χ3v) is 5.65. The summed E-state index contributed by atoms with van der Waals surface area (Å²) in [6, 6.07) is 11.4. The van der Waals surface area contributed by atoms with Crippen molar-refractivity contribution in [3.63, 3.8) is 0 Å². The minimum Gasteiger partial charge on any atom is -0.395 e. The molecule has 1 aromatic heterocycles. The van der Waals surface area contributed by atoms with Gasteiger partial charge in [-0.3, -0.25) is 10.00 Å². The summed E-state index contributed by atoms with van der Waals surface area (Å²) in [7, 11) is 0. The van der Waals surface area contributed by atoms with Crippen molar-refractivity contribution in [1.29, 1.82) is 0 Å². The number of aromatic amines is 1. The van der Waals surface area contributed by atoms with Crippen molar-refractivity contribution in [1.82, 2.24) is 20.1 Å². The highest BCUT2D eigenvalue weighted by Crippen LogP contribution is 2.41. The molecule has 0 amide bonds. The zero-order chi connectivity index (χ0) is 21.4. The Hall–Kier alpha value is -3.07. The molecule has 0 radical (unpaired) electrons. The molecule has 2 aliphatic heterocycles. The molecule has 2 aromatic carbocycles. The lowest BCUT2D eigenvalue weighted by Gasteiger charge is -2.30. The number of rotatable bonds is 5. The van der Waals surface area contributed by atoms with Gasteiger partial charge in [-0.05, 0) is 61.3 Å². The van der Waals surface area contributed by atoms with Crippen LogP contribution in [0.1, 0.15) is 41.5 Å². The fourth-order valence-corrected chi connectivity index (χ4v) is 4.12. The molecule has 0 saturated carbocycles. The molecule has 162 valence electrons. The van der Waals surface area contributed by atoms with Gasteiger partial charge >= 0.3 is 6.29 Å². The van der Waals surface area contributed by atoms with E-state index in [9.17, 15) is 13.2 Å². The van der Waals surface area contributed by atoms with Crippen molar-refractivity contribution in [2.75, 3.05) is 13.1 Å². The van der Waals surface area contributed by atoms with E-state index in [4.69, 9.17) is 0 Å². The van der Waals surface area contributed by atoms with Crippen molar-refractivity contribution in [2.24, 2.45) is 0 Å². The number of aromatic nitrogens is 3. The van der Waals surface area contributed by atoms with Gasteiger partial charge in [0.15, 0.2) is 17.3 Å². The van der Waals surface area contributed by atoms with Crippen LogP contribution in [0.5, 0.6) is 11.5 Å². The average Bonchev–Trinajstić information content (AvgIpc) is 3.31. The van der Waals surface area contributed by atoms with E-state index in [1.54, 1.807) is 18.2 Å². The number of piperidine rings is 1. The van der Waals surface area contributed by atoms with Gasteiger partial charge in [0.1, 0.15) is 11.6 Å². The number of alkyl halides is 2. The fraction of sp³-hybridized carbons (Fsp3) is 0.364. The molecule has 1 fully saturated rings. The van der Waals surface area contributed by atoms with Gasteiger partial charge in [-0.1, -0.05) is 18.2 Å². The molecule has 3 heterocycles. The Labute approximate surface area is 177 Å². The lowest BCUT2D eigenvalue weighted by Crippen LogP contribution is -2.32. The molecule has 0 bridgehead atoms. The molecule has 1 saturated heterocycles. The SMILES string of the molecule is Fc1cccc(Cc2n[nH]c(C3CCN(Cc4ccc5c(c4)OC(F)(F)O5)CC3)n2)c1. The van der Waals surface area contributed by atoms with Gasteiger partial charge in [-0.2, -0.15) is 5.10 Å². The molecule has 0 spiro atoms. The maximum Gasteiger partial charge on any atom is 0.586 e. The van der Waals surface area contributed by atoms with E-state index in [2.05, 4.69) is 29.6 Å². The molecule has 9 heteroatoms. The normalized spacial score (nSPS) is 18.4. The highest BCUT2D eigenvalue weighted by Gasteiger charge is 2.43. The highest BCUT2D eigenvalue weighted by atomic mass is 19.3. The van der Waals surface area contributed by atoms with E-state index < -0.39 is 6.29 Å². The summed E-state index contributed by atoms with van der Waals surface area (Å²) < 4.78 is 48.7. The molecule has 1 N–H and O–H groups in total. The maximum absolute atomic E-state index is 13.4. The monoisotopic (exact) mass is 430 g/mol. The lowest BCUT2D eigenvalue weighted by molar-refractivity contribution is -0.286. The number of nitrogens with zero attached hydrogens (tertiary/aromatic N) is 3. The first-order valence-corrected chi connectivity index (χ1v) is 10.2. The molecule has 6 nitrogen and oxygen atoms in total. The van der Waals surface area contributed by atoms with Gasteiger partial charge in [0.2, 0.25) is 0 Å². The van der Waals surface area contributed by atoms with Crippen molar-refractivity contribution < 1.29 is 22.6 Å². The molecule has 31 heavy (non-hydrogen) atoms. The van der Waals surface area contributed by atoms with Crippen LogP contribution in [0, 0.1) is 5.82 Å². The summed E-state index contributed by atoms with van der Waals surface area (Å²) in [6.07, 6.45) is -1.28. The van der Waals surface area contributed by atoms with Gasteiger partial charge in [0.25, 0.3) is 0 Å². The molecule has 0 atom stereocenters. The van der Waals surface area contributed by atoms with Gasteiger partial charge in [-0.15, -0.1) is 8.78 Å². The van der Waals surface area contributed by atoms with Crippen LogP contribution in [0.4, 0.5) is 13.2 Å². The maximum atomic E-state index is 13.4. The summed E-state index contributed by atoms with van der Waals surface area (Å²) in [5.41, 5.74) is 1.73. The van der Waals surface area contributed by atoms with Crippen molar-refractivity contribution in [3.8, 4) is 11.5 Å². The van der Waals surface area contributed by atoms with Crippen molar-refractivity contribution in [3.05, 3.63) is 71.1 Å². The smallest absolute Gasteiger partial charge is 0.395 e. The van der Waals surface area contributed by atoms with Gasteiger partial charge in [0.05, 0.1) is 0 Å². The number of ether oxygens (including phenoxy) is 2. The van der Waals surface area contributed by atoms with Gasteiger partial charge < -0.3 is 9.47 Å². The Morgan fingerprint density at radius 3 is 2.65 bits per heavy atom. The second-order valence-corrected chi connectivity index (χ2v) is 7.94. The van der Waals surface area contributed by atoms with E-state index in [0.29, 0.717) is 18.8 Å². The van der Waals surface area contributed by atoms with Crippen LogP contribution >= 0.6 is 0 Å². The number of likely N-dealkylation sites (tertiary alicyclic amines) is 1. The third-order valence-electron chi connectivity index (χ3n) is 5.65. The Kier molecular flexibility index (Phi) is 5.05. The van der Waals surface area contributed by atoms with Crippen LogP contribution in [-0.4, -0.2) is 39.5 Å². The Bertz CT molecular complexity index is 1080. The minimum atomic E-state index is -3.59. The Morgan fingerprint density at radius 1 is 1.03 bits per heavy atom. The van der Waals surface area contributed by atoms with E-state index in [0.717, 1.165) is 42.9 Å². The number of H-pyrrole nitrogens is 1. The fourth-order valence-electron chi connectivity index (χ4n) is 4.12. The number of nitrogens with one attached hydrogen (secondary N) is 1. The number of benzene rings is 2. The summed E-state index contributed by atoms with van der Waals surface area (Å²) in [5, 5.41) is 7.32. The summed E-state index contributed by atoms with van der Waals surface area (Å²) in [6.45, 7) is 2.36. The Balaban J connectivity index is 1.16. The number of halogens is 3. The van der Waals surface area contributed by atoms with Crippen LogP contribution in [0.3, 0.4) is 0 Å². The molecule has 5 rings (SSSR count). The van der Waals surface area contributed by atoms with E-state index >= 15 is 0 Å². The summed E-state index contributed by atoms with van der Waals surface area (Å²) in [4.78, 5) is 6.89. The minimum absolute atomic E-state index is 0.0619. The molecular formula is C22H21F3N4O2. The zero-order valence-electron chi connectivity index (χ0n) is 16.7. The molecule has 3 aromatic rings. The molecule has 2 aliphatic rings. The van der Waals surface area contributed by atoms with Gasteiger partial charge in [0, 0.05) is 18.9 Å². The molecule has 0 aliphatic carbocycles. The quantitative estimate of drug-likeness (QED) is 0.656. The predicted molar refractivity (Wildman–Crippen MR) is 105 cm³/mol. The number of fused-ring (bicyclic) bond motifs is 1. The second-order valence-electron chi connectivity index (χ2n) is 7.94. The first-order chi connectivity index (χ1) is 14.9. The highest BCUT2D eigenvalue weighted by molar-refractivity contribution is 5.45. The second kappa shape index (κ2) is 7.88. The topological polar surface area (TPSA) is 63.3 Å². The van der Waals surface area contributed by atoms with Crippen molar-refractivity contribution in [2.45, 2.75) is 38.0 Å². The van der Waals surface area contributed by atoms with E-state index in [1.807, 2.05) is 6.07 Å². The average molecular weight is 430 g/mol. The first-order valence-electron chi connectivity index (χ1n) is 10.2. The lowest BCUT2D eigenvalue weighted by atomic mass is 9.96. The molecule has 0 unspecified atom stereocenters. The predicted octanol–water partition coefficient (Wildman–Crippen LogP) is 4.24. The largest absolute Gasteiger partial charge is 0.586 e. The first kappa shape index (κ1) is 19.9. The summed E-state index contributed by atoms with van der Waals surface area (Å²) in [5.74, 6) is 1.66. The van der Waals surface area contributed by atoms with E-state index in [1.165, 1.54) is 18.2 Å². The standard InChI is InChI=1S/C22H21F3N4O2/c23-17-3-1-2-14(10-17)12-20-26-21(28-27-20)16-6-8-29(9-7-16)13-15-4-5-18-19(11-15)31-22(24,25)30-18/h1-5,10-11,16H,6-9,12-13H2,(H,26,27,28). The van der Waals surface area contributed by atoms with Crippen LogP contribution in [0.15, 0.2) is 42.5 Å². The number of hydrogen-bond donors (Lipinski definition) is 1. The van der Waals surface area contributed by atoms with E-state index in [-0.39, 0.29) is 23.2 Å². The zero-order valence-corrected chi connectivity index (χ0v) is 16.7. The van der Waals surface area contributed by atoms with Gasteiger partial charge in [-0.25, -0.2) is 9.37 Å². The molecular weight excluding hydrogens is 409 g/mol. The van der Waals surface area contributed by atoms with Crippen molar-refractivity contribution >= 4 is 0 Å². The third kappa shape index (κ3) is 4.51.